The molecule has 1 N–H and O–H groups in total. The molecule has 0 bridgehead atoms. The molecule has 0 saturated heterocycles. The SMILES string of the molecule is CSc1ccccc1Nc1ncc(Br)cn1. The number of halogens is 1. The fourth-order valence-electron chi connectivity index (χ4n) is 1.25. The van der Waals surface area contributed by atoms with Gasteiger partial charge < -0.3 is 5.32 Å². The van der Waals surface area contributed by atoms with Gasteiger partial charge in [0.05, 0.1) is 10.2 Å². The van der Waals surface area contributed by atoms with Crippen LogP contribution in [-0.4, -0.2) is 16.2 Å². The number of thioether (sulfide) groups is 1. The van der Waals surface area contributed by atoms with Gasteiger partial charge in [-0.05, 0) is 34.3 Å². The third kappa shape index (κ3) is 2.74. The second-order valence-corrected chi connectivity index (χ2v) is 4.81. The molecule has 0 saturated carbocycles. The Bertz CT molecular complexity index is 473. The zero-order valence-electron chi connectivity index (χ0n) is 8.64. The van der Waals surface area contributed by atoms with E-state index in [9.17, 15) is 0 Å². The average Bonchev–Trinajstić information content (AvgIpc) is 2.33. The van der Waals surface area contributed by atoms with Crippen molar-refractivity contribution in [3.8, 4) is 0 Å². The van der Waals surface area contributed by atoms with Crippen LogP contribution in [0.1, 0.15) is 0 Å². The lowest BCUT2D eigenvalue weighted by Gasteiger charge is -2.08. The van der Waals surface area contributed by atoms with Crippen LogP contribution in [0.25, 0.3) is 0 Å². The standard InChI is InChI=1S/C11H10BrN3S/c1-16-10-5-3-2-4-9(10)15-11-13-6-8(12)7-14-11/h2-7H,1H3,(H,13,14,15). The van der Waals surface area contributed by atoms with Gasteiger partial charge >= 0.3 is 0 Å². The zero-order chi connectivity index (χ0) is 11.4. The molecule has 1 aromatic heterocycles. The van der Waals surface area contributed by atoms with Crippen molar-refractivity contribution in [2.75, 3.05) is 11.6 Å². The molecule has 2 aromatic rings. The minimum atomic E-state index is 0.602. The summed E-state index contributed by atoms with van der Waals surface area (Å²) in [4.78, 5) is 9.52. The highest BCUT2D eigenvalue weighted by Gasteiger charge is 2.02. The van der Waals surface area contributed by atoms with Crippen LogP contribution in [0.4, 0.5) is 11.6 Å². The summed E-state index contributed by atoms with van der Waals surface area (Å²) in [5, 5.41) is 3.19. The molecule has 0 aliphatic heterocycles. The van der Waals surface area contributed by atoms with E-state index in [0.717, 1.165) is 10.2 Å². The fraction of sp³-hybridized carbons (Fsp3) is 0.0909. The molecule has 82 valence electrons. The number of benzene rings is 1. The Hall–Kier alpha value is -1.07. The minimum absolute atomic E-state index is 0.602. The lowest BCUT2D eigenvalue weighted by molar-refractivity contribution is 1.14. The summed E-state index contributed by atoms with van der Waals surface area (Å²) in [6.45, 7) is 0. The van der Waals surface area contributed by atoms with Gasteiger partial charge in [0.25, 0.3) is 0 Å². The fourth-order valence-corrected chi connectivity index (χ4v) is 2.00. The predicted octanol–water partition coefficient (Wildman–Crippen LogP) is 3.70. The molecule has 0 aliphatic carbocycles. The van der Waals surface area contributed by atoms with E-state index in [4.69, 9.17) is 0 Å². The summed E-state index contributed by atoms with van der Waals surface area (Å²) in [7, 11) is 0. The molecular weight excluding hydrogens is 286 g/mol. The molecule has 5 heteroatoms. The normalized spacial score (nSPS) is 10.1. The number of hydrogen-bond acceptors (Lipinski definition) is 4. The van der Waals surface area contributed by atoms with Gasteiger partial charge in [0, 0.05) is 17.3 Å². The van der Waals surface area contributed by atoms with Crippen LogP contribution in [-0.2, 0) is 0 Å². The summed E-state index contributed by atoms with van der Waals surface area (Å²) in [5.41, 5.74) is 1.03. The summed E-state index contributed by atoms with van der Waals surface area (Å²) in [6.07, 6.45) is 5.48. The van der Waals surface area contributed by atoms with Crippen LogP contribution in [0.15, 0.2) is 46.0 Å². The van der Waals surface area contributed by atoms with Crippen LogP contribution < -0.4 is 5.32 Å². The first-order valence-corrected chi connectivity index (χ1v) is 6.69. The summed E-state index contributed by atoms with van der Waals surface area (Å²) in [6, 6.07) is 8.07. The van der Waals surface area contributed by atoms with E-state index in [1.165, 1.54) is 4.90 Å². The maximum absolute atomic E-state index is 4.17. The van der Waals surface area contributed by atoms with E-state index >= 15 is 0 Å². The van der Waals surface area contributed by atoms with Crippen LogP contribution in [0.5, 0.6) is 0 Å². The first kappa shape index (κ1) is 11.4. The quantitative estimate of drug-likeness (QED) is 0.876. The van der Waals surface area contributed by atoms with Gasteiger partial charge in [-0.25, -0.2) is 9.97 Å². The molecule has 0 unspecified atom stereocenters. The average molecular weight is 296 g/mol. The number of para-hydroxylation sites is 1. The molecule has 1 heterocycles. The van der Waals surface area contributed by atoms with Gasteiger partial charge in [0.15, 0.2) is 0 Å². The summed E-state index contributed by atoms with van der Waals surface area (Å²) >= 11 is 4.99. The van der Waals surface area contributed by atoms with Crippen molar-refractivity contribution in [1.29, 1.82) is 0 Å². The second kappa shape index (κ2) is 5.32. The van der Waals surface area contributed by atoms with Crippen LogP contribution in [0, 0.1) is 0 Å². The van der Waals surface area contributed by atoms with E-state index < -0.39 is 0 Å². The van der Waals surface area contributed by atoms with E-state index in [1.54, 1.807) is 24.2 Å². The maximum Gasteiger partial charge on any atom is 0.227 e. The van der Waals surface area contributed by atoms with Gasteiger partial charge in [-0.2, -0.15) is 0 Å². The summed E-state index contributed by atoms with van der Waals surface area (Å²) < 4.78 is 0.871. The molecule has 16 heavy (non-hydrogen) atoms. The Morgan fingerprint density at radius 3 is 2.56 bits per heavy atom. The third-order valence-corrected chi connectivity index (χ3v) is 3.18. The molecule has 0 atom stereocenters. The smallest absolute Gasteiger partial charge is 0.227 e. The van der Waals surface area contributed by atoms with Crippen LogP contribution in [0.2, 0.25) is 0 Å². The Labute approximate surface area is 107 Å². The second-order valence-electron chi connectivity index (χ2n) is 3.05. The summed E-state index contributed by atoms with van der Waals surface area (Å²) in [5.74, 6) is 0.602. The van der Waals surface area contributed by atoms with E-state index in [-0.39, 0.29) is 0 Å². The number of nitrogens with one attached hydrogen (secondary N) is 1. The number of aromatic nitrogens is 2. The molecule has 0 spiro atoms. The first-order valence-electron chi connectivity index (χ1n) is 4.67. The number of hydrogen-bond donors (Lipinski definition) is 1. The van der Waals surface area contributed by atoms with Crippen molar-refractivity contribution in [3.05, 3.63) is 41.1 Å². The third-order valence-electron chi connectivity index (χ3n) is 1.97. The maximum atomic E-state index is 4.17. The molecule has 0 fully saturated rings. The van der Waals surface area contributed by atoms with E-state index in [2.05, 4.69) is 37.3 Å². The largest absolute Gasteiger partial charge is 0.323 e. The van der Waals surface area contributed by atoms with E-state index in [1.807, 2.05) is 24.5 Å². The highest BCUT2D eigenvalue weighted by molar-refractivity contribution is 9.10. The van der Waals surface area contributed by atoms with Gasteiger partial charge in [-0.15, -0.1) is 11.8 Å². The Kier molecular flexibility index (Phi) is 3.79. The predicted molar refractivity (Wildman–Crippen MR) is 71.2 cm³/mol. The molecule has 1 aromatic carbocycles. The lowest BCUT2D eigenvalue weighted by Crippen LogP contribution is -1.97. The van der Waals surface area contributed by atoms with Gasteiger partial charge in [-0.3, -0.25) is 0 Å². The number of nitrogens with zero attached hydrogens (tertiary/aromatic N) is 2. The van der Waals surface area contributed by atoms with Crippen molar-refractivity contribution in [2.45, 2.75) is 4.90 Å². The number of anilines is 2. The first-order chi connectivity index (χ1) is 7.79. The van der Waals surface area contributed by atoms with Gasteiger partial charge in [-0.1, -0.05) is 12.1 Å². The van der Waals surface area contributed by atoms with Crippen molar-refractivity contribution < 1.29 is 0 Å². The minimum Gasteiger partial charge on any atom is -0.323 e. The van der Waals surface area contributed by atoms with Crippen molar-refractivity contribution in [2.24, 2.45) is 0 Å². The van der Waals surface area contributed by atoms with Gasteiger partial charge in [0.1, 0.15) is 0 Å². The topological polar surface area (TPSA) is 37.8 Å². The van der Waals surface area contributed by atoms with Gasteiger partial charge in [0.2, 0.25) is 5.95 Å². The molecule has 2 rings (SSSR count). The molecule has 0 amide bonds. The molecule has 0 aliphatic rings. The molecule has 0 radical (unpaired) electrons. The van der Waals surface area contributed by atoms with Crippen LogP contribution in [0.3, 0.4) is 0 Å². The Morgan fingerprint density at radius 1 is 1.19 bits per heavy atom. The highest BCUT2D eigenvalue weighted by Crippen LogP contribution is 2.26. The zero-order valence-corrected chi connectivity index (χ0v) is 11.0. The molecular formula is C11H10BrN3S. The highest BCUT2D eigenvalue weighted by atomic mass is 79.9. The van der Waals surface area contributed by atoms with Crippen molar-refractivity contribution in [1.82, 2.24) is 9.97 Å². The van der Waals surface area contributed by atoms with Crippen molar-refractivity contribution >= 4 is 39.3 Å². The molecule has 3 nitrogen and oxygen atoms in total. The van der Waals surface area contributed by atoms with Crippen molar-refractivity contribution in [3.63, 3.8) is 0 Å². The van der Waals surface area contributed by atoms with E-state index in [0.29, 0.717) is 5.95 Å². The Balaban J connectivity index is 2.23. The lowest BCUT2D eigenvalue weighted by atomic mass is 10.3. The monoisotopic (exact) mass is 295 g/mol. The number of rotatable bonds is 3. The van der Waals surface area contributed by atoms with Crippen LogP contribution >= 0.6 is 27.7 Å². The Morgan fingerprint density at radius 2 is 1.88 bits per heavy atom.